The molecule has 1 aromatic carbocycles. The van der Waals surface area contributed by atoms with Gasteiger partial charge < -0.3 is 5.32 Å². The van der Waals surface area contributed by atoms with Crippen molar-refractivity contribution in [2.45, 2.75) is 45.7 Å². The predicted molar refractivity (Wildman–Crippen MR) is 90.9 cm³/mol. The third-order valence-corrected chi connectivity index (χ3v) is 4.07. The number of piperidine rings is 1. The van der Waals surface area contributed by atoms with Crippen molar-refractivity contribution in [1.82, 2.24) is 14.9 Å². The number of hydrogen-bond donors (Lipinski definition) is 2. The molecule has 1 unspecified atom stereocenters. The van der Waals surface area contributed by atoms with Gasteiger partial charge in [0.15, 0.2) is 0 Å². The minimum atomic E-state index is -0.709. The number of aromatic nitrogens is 2. The lowest BCUT2D eigenvalue weighted by atomic mass is 10.1. The maximum absolute atomic E-state index is 13.1. The van der Waals surface area contributed by atoms with Gasteiger partial charge in [-0.1, -0.05) is 6.07 Å². The number of carbonyl (C=O) groups excluding carboxylic acids is 2. The molecule has 1 atom stereocenters. The van der Waals surface area contributed by atoms with E-state index in [2.05, 4.69) is 15.6 Å². The highest BCUT2D eigenvalue weighted by atomic mass is 16.2. The summed E-state index contributed by atoms with van der Waals surface area (Å²) >= 11 is 0. The van der Waals surface area contributed by atoms with Crippen LogP contribution >= 0.6 is 0 Å². The number of imide groups is 1. The summed E-state index contributed by atoms with van der Waals surface area (Å²) in [6, 6.07) is 4.90. The van der Waals surface area contributed by atoms with Crippen LogP contribution in [0.1, 0.15) is 38.6 Å². The van der Waals surface area contributed by atoms with Crippen LogP contribution in [0.4, 0.5) is 5.69 Å². The molecule has 2 amide bonds. The number of nitrogens with zero attached hydrogens (tertiary/aromatic N) is 2. The third kappa shape index (κ3) is 2.77. The Morgan fingerprint density at radius 2 is 2.04 bits per heavy atom. The summed E-state index contributed by atoms with van der Waals surface area (Å²) in [4.78, 5) is 41.1. The smallest absolute Gasteiger partial charge is 0.264 e. The van der Waals surface area contributed by atoms with Crippen molar-refractivity contribution in [3.63, 3.8) is 0 Å². The maximum atomic E-state index is 13.1. The Balaban J connectivity index is 2.20. The molecule has 1 aliphatic rings. The van der Waals surface area contributed by atoms with Gasteiger partial charge in [0.25, 0.3) is 5.56 Å². The Kier molecular flexibility index (Phi) is 4.09. The van der Waals surface area contributed by atoms with Gasteiger partial charge in [-0.2, -0.15) is 0 Å². The number of nitrogens with one attached hydrogen (secondary N) is 2. The Labute approximate surface area is 139 Å². The van der Waals surface area contributed by atoms with Crippen molar-refractivity contribution in [3.8, 4) is 0 Å². The Hall–Kier alpha value is -2.70. The molecule has 126 valence electrons. The van der Waals surface area contributed by atoms with Crippen LogP contribution in [-0.2, 0) is 9.59 Å². The van der Waals surface area contributed by atoms with Crippen LogP contribution in [0, 0.1) is 6.92 Å². The first-order valence-corrected chi connectivity index (χ1v) is 8.00. The number of aryl methyl sites for hydroxylation is 1. The number of anilines is 1. The van der Waals surface area contributed by atoms with Crippen molar-refractivity contribution >= 4 is 28.4 Å². The first kappa shape index (κ1) is 16.2. The summed E-state index contributed by atoms with van der Waals surface area (Å²) in [5.74, 6) is -0.298. The summed E-state index contributed by atoms with van der Waals surface area (Å²) in [6.45, 7) is 5.67. The van der Waals surface area contributed by atoms with Gasteiger partial charge in [-0.05, 0) is 39.3 Å². The molecule has 0 radical (unpaired) electrons. The summed E-state index contributed by atoms with van der Waals surface area (Å²) in [5, 5.41) is 6.00. The molecule has 0 saturated carbocycles. The summed E-state index contributed by atoms with van der Waals surface area (Å²) in [5.41, 5.74) is 1.02. The average Bonchev–Trinajstić information content (AvgIpc) is 2.48. The fourth-order valence-electron chi connectivity index (χ4n) is 3.08. The van der Waals surface area contributed by atoms with Crippen molar-refractivity contribution in [1.29, 1.82) is 0 Å². The zero-order valence-electron chi connectivity index (χ0n) is 13.9. The second-order valence-electron chi connectivity index (χ2n) is 6.30. The van der Waals surface area contributed by atoms with Crippen LogP contribution in [0.25, 0.3) is 10.9 Å². The van der Waals surface area contributed by atoms with Crippen molar-refractivity contribution in [3.05, 3.63) is 34.4 Å². The second kappa shape index (κ2) is 6.07. The second-order valence-corrected chi connectivity index (χ2v) is 6.30. The molecule has 0 aliphatic carbocycles. The largest absolute Gasteiger partial charge is 0.382 e. The number of benzene rings is 1. The monoisotopic (exact) mass is 328 g/mol. The summed E-state index contributed by atoms with van der Waals surface area (Å²) in [6.07, 6.45) is 0.518. The van der Waals surface area contributed by atoms with Crippen LogP contribution in [0.15, 0.2) is 23.0 Å². The van der Waals surface area contributed by atoms with Gasteiger partial charge in [-0.3, -0.25) is 24.3 Å². The molecule has 2 N–H and O–H groups in total. The molecule has 1 fully saturated rings. The van der Waals surface area contributed by atoms with E-state index in [-0.39, 0.29) is 23.9 Å². The molecule has 24 heavy (non-hydrogen) atoms. The lowest BCUT2D eigenvalue weighted by Crippen LogP contribution is -2.45. The first-order valence-electron chi connectivity index (χ1n) is 8.00. The Morgan fingerprint density at radius 1 is 1.29 bits per heavy atom. The zero-order valence-corrected chi connectivity index (χ0v) is 13.9. The SMILES string of the molecule is Cc1nc2cccc(NC(C)C)c2c(=O)n1C1CCC(=O)NC1=O. The molecule has 2 aromatic rings. The highest BCUT2D eigenvalue weighted by Gasteiger charge is 2.30. The standard InChI is InChI=1S/C17H20N4O3/c1-9(2)18-11-5-4-6-12-15(11)17(24)21(10(3)19-12)13-7-8-14(22)20-16(13)23/h4-6,9,13,18H,7-8H2,1-3H3,(H,20,22,23). The summed E-state index contributed by atoms with van der Waals surface area (Å²) in [7, 11) is 0. The molecule has 0 spiro atoms. The number of fused-ring (bicyclic) bond motifs is 1. The fourth-order valence-corrected chi connectivity index (χ4v) is 3.08. The van der Waals surface area contributed by atoms with Gasteiger partial charge in [0.1, 0.15) is 11.9 Å². The molecule has 7 heteroatoms. The summed E-state index contributed by atoms with van der Waals surface area (Å²) < 4.78 is 1.40. The Morgan fingerprint density at radius 3 is 2.71 bits per heavy atom. The van der Waals surface area contributed by atoms with Crippen LogP contribution in [-0.4, -0.2) is 27.4 Å². The van der Waals surface area contributed by atoms with E-state index in [1.807, 2.05) is 26.0 Å². The molecular weight excluding hydrogens is 308 g/mol. The molecule has 1 aromatic heterocycles. The van der Waals surface area contributed by atoms with E-state index < -0.39 is 11.9 Å². The predicted octanol–water partition coefficient (Wildman–Crippen LogP) is 1.50. The van der Waals surface area contributed by atoms with Crippen molar-refractivity contribution in [2.75, 3.05) is 5.32 Å². The quantitative estimate of drug-likeness (QED) is 0.833. The highest BCUT2D eigenvalue weighted by molar-refractivity contribution is 5.99. The number of amides is 2. The van der Waals surface area contributed by atoms with E-state index in [9.17, 15) is 14.4 Å². The van der Waals surface area contributed by atoms with E-state index in [0.29, 0.717) is 28.8 Å². The van der Waals surface area contributed by atoms with Gasteiger partial charge >= 0.3 is 0 Å². The minimum absolute atomic E-state index is 0.153. The molecular formula is C17H20N4O3. The normalized spacial score (nSPS) is 18.1. The molecule has 1 aliphatic heterocycles. The molecule has 0 bridgehead atoms. The molecule has 1 saturated heterocycles. The maximum Gasteiger partial charge on any atom is 0.264 e. The van der Waals surface area contributed by atoms with E-state index in [0.717, 1.165) is 0 Å². The average molecular weight is 328 g/mol. The van der Waals surface area contributed by atoms with Crippen molar-refractivity contribution in [2.24, 2.45) is 0 Å². The van der Waals surface area contributed by atoms with Crippen molar-refractivity contribution < 1.29 is 9.59 Å². The minimum Gasteiger partial charge on any atom is -0.382 e. The van der Waals surface area contributed by atoms with Gasteiger partial charge in [0, 0.05) is 18.2 Å². The van der Waals surface area contributed by atoms with Crippen LogP contribution in [0.5, 0.6) is 0 Å². The number of carbonyl (C=O) groups is 2. The van der Waals surface area contributed by atoms with Gasteiger partial charge in [0.2, 0.25) is 11.8 Å². The van der Waals surface area contributed by atoms with Gasteiger partial charge in [-0.15, -0.1) is 0 Å². The zero-order chi connectivity index (χ0) is 17.4. The third-order valence-electron chi connectivity index (χ3n) is 4.07. The van der Waals surface area contributed by atoms with Crippen LogP contribution in [0.2, 0.25) is 0 Å². The van der Waals surface area contributed by atoms with Gasteiger partial charge in [0.05, 0.1) is 10.9 Å². The molecule has 7 nitrogen and oxygen atoms in total. The first-order chi connectivity index (χ1) is 11.4. The van der Waals surface area contributed by atoms with Crippen LogP contribution in [0.3, 0.4) is 0 Å². The Bertz CT molecular complexity index is 885. The lowest BCUT2D eigenvalue weighted by molar-refractivity contribution is -0.135. The molecule has 2 heterocycles. The van der Waals surface area contributed by atoms with Crippen LogP contribution < -0.4 is 16.2 Å². The van der Waals surface area contributed by atoms with E-state index >= 15 is 0 Å². The number of hydrogen-bond acceptors (Lipinski definition) is 5. The van der Waals surface area contributed by atoms with E-state index in [4.69, 9.17) is 0 Å². The topological polar surface area (TPSA) is 93.1 Å². The fraction of sp³-hybridized carbons (Fsp3) is 0.412. The van der Waals surface area contributed by atoms with E-state index in [1.54, 1.807) is 13.0 Å². The molecule has 3 rings (SSSR count). The van der Waals surface area contributed by atoms with Gasteiger partial charge in [-0.25, -0.2) is 4.98 Å². The van der Waals surface area contributed by atoms with E-state index in [1.165, 1.54) is 4.57 Å². The highest BCUT2D eigenvalue weighted by Crippen LogP contribution is 2.23. The number of rotatable bonds is 3. The lowest BCUT2D eigenvalue weighted by Gasteiger charge is -2.25.